The van der Waals surface area contributed by atoms with Crippen LogP contribution in [0.4, 0.5) is 0 Å². The molecule has 33 heavy (non-hydrogen) atoms. The lowest BCUT2D eigenvalue weighted by Crippen LogP contribution is -2.64. The molecule has 0 spiro atoms. The van der Waals surface area contributed by atoms with Gasteiger partial charge in [-0.2, -0.15) is 0 Å². The van der Waals surface area contributed by atoms with Gasteiger partial charge in [-0.25, -0.2) is 0 Å². The Morgan fingerprint density at radius 1 is 0.727 bits per heavy atom. The summed E-state index contributed by atoms with van der Waals surface area (Å²) in [4.78, 5) is 0. The Labute approximate surface area is 207 Å². The predicted octanol–water partition coefficient (Wildman–Crippen LogP) is 10.1. The molecular weight excluding hydrogens is 396 g/mol. The van der Waals surface area contributed by atoms with Crippen LogP contribution in [0.1, 0.15) is 134 Å². The summed E-state index contributed by atoms with van der Waals surface area (Å²) in [7, 11) is 0. The van der Waals surface area contributed by atoms with E-state index in [9.17, 15) is 0 Å². The largest absolute Gasteiger partial charge is 0.0841 e. The highest BCUT2D eigenvalue weighted by Crippen LogP contribution is 2.77. The van der Waals surface area contributed by atoms with E-state index in [0.29, 0.717) is 37.9 Å². The summed E-state index contributed by atoms with van der Waals surface area (Å²) in [6, 6.07) is 0. The Hall–Kier alpha value is -0.260. The van der Waals surface area contributed by atoms with E-state index in [1.54, 1.807) is 0 Å². The van der Waals surface area contributed by atoms with Crippen LogP contribution in [0.25, 0.3) is 0 Å². The molecule has 0 radical (unpaired) electrons. The molecule has 0 aromatic carbocycles. The van der Waals surface area contributed by atoms with Crippen molar-refractivity contribution in [2.24, 2.45) is 61.6 Å². The van der Waals surface area contributed by atoms with Crippen LogP contribution in [0, 0.1) is 61.6 Å². The first-order valence-corrected chi connectivity index (χ1v) is 14.7. The van der Waals surface area contributed by atoms with E-state index in [1.165, 1.54) is 57.8 Å². The molecule has 0 amide bonds. The second kappa shape index (κ2) is 6.73. The van der Waals surface area contributed by atoms with Gasteiger partial charge in [0.15, 0.2) is 0 Å². The van der Waals surface area contributed by atoms with E-state index in [0.717, 1.165) is 23.7 Å². The van der Waals surface area contributed by atoms with Crippen molar-refractivity contribution in [1.29, 1.82) is 0 Å². The van der Waals surface area contributed by atoms with E-state index in [4.69, 9.17) is 0 Å². The van der Waals surface area contributed by atoms with Crippen LogP contribution in [-0.4, -0.2) is 0 Å². The standard InChI is InChI=1S/C33H56/c1-22-14-16-30(8)25(29(22,6)7)15-17-33(11)26(30)13-12-23-24-20-27(2,3)21-28(4,5)31(24,9)18-19-32(23,33)10/h12,22,24-26H,13-21H2,1-11H3. The van der Waals surface area contributed by atoms with Crippen molar-refractivity contribution in [2.45, 2.75) is 134 Å². The zero-order valence-electron chi connectivity index (χ0n) is 24.3. The molecule has 0 aliphatic heterocycles. The van der Waals surface area contributed by atoms with Gasteiger partial charge in [0.2, 0.25) is 0 Å². The second-order valence-corrected chi connectivity index (χ2v) is 17.0. The molecule has 5 aliphatic carbocycles. The van der Waals surface area contributed by atoms with Crippen molar-refractivity contribution in [3.8, 4) is 0 Å². The van der Waals surface area contributed by atoms with Gasteiger partial charge in [0.25, 0.3) is 0 Å². The highest BCUT2D eigenvalue weighted by molar-refractivity contribution is 5.34. The minimum absolute atomic E-state index is 0.394. The quantitative estimate of drug-likeness (QED) is 0.321. The molecule has 0 bridgehead atoms. The number of hydrogen-bond acceptors (Lipinski definition) is 0. The van der Waals surface area contributed by atoms with E-state index >= 15 is 0 Å². The number of fused-ring (bicyclic) bond motifs is 7. The van der Waals surface area contributed by atoms with Gasteiger partial charge < -0.3 is 0 Å². The Kier molecular flexibility index (Phi) is 4.99. The lowest BCUT2D eigenvalue weighted by molar-refractivity contribution is -0.197. The van der Waals surface area contributed by atoms with E-state index in [1.807, 2.05) is 5.57 Å². The van der Waals surface area contributed by atoms with Crippen molar-refractivity contribution in [2.75, 3.05) is 0 Å². The fraction of sp³-hybridized carbons (Fsp3) is 0.939. The van der Waals surface area contributed by atoms with Gasteiger partial charge in [0.05, 0.1) is 0 Å². The molecule has 0 aromatic rings. The minimum atomic E-state index is 0.394. The zero-order valence-corrected chi connectivity index (χ0v) is 24.3. The fourth-order valence-electron chi connectivity index (χ4n) is 11.9. The second-order valence-electron chi connectivity index (χ2n) is 17.0. The minimum Gasteiger partial charge on any atom is -0.0841 e. The Morgan fingerprint density at radius 2 is 1.39 bits per heavy atom. The average Bonchev–Trinajstić information content (AvgIpc) is 2.67. The third-order valence-electron chi connectivity index (χ3n) is 14.6. The van der Waals surface area contributed by atoms with E-state index in [-0.39, 0.29) is 0 Å². The Balaban J connectivity index is 1.60. The molecule has 188 valence electrons. The topological polar surface area (TPSA) is 0 Å². The molecular formula is C33H56. The maximum Gasteiger partial charge on any atom is -0.00565 e. The van der Waals surface area contributed by atoms with Crippen LogP contribution in [-0.2, 0) is 0 Å². The highest BCUT2D eigenvalue weighted by Gasteiger charge is 2.69. The lowest BCUT2D eigenvalue weighted by Gasteiger charge is -2.73. The molecule has 5 rings (SSSR count). The summed E-state index contributed by atoms with van der Waals surface area (Å²) < 4.78 is 0. The summed E-state index contributed by atoms with van der Waals surface area (Å²) >= 11 is 0. The van der Waals surface area contributed by atoms with Gasteiger partial charge in [0, 0.05) is 0 Å². The normalized spacial score (nSPS) is 54.2. The van der Waals surface area contributed by atoms with Gasteiger partial charge >= 0.3 is 0 Å². The zero-order chi connectivity index (χ0) is 24.5. The molecule has 0 N–H and O–H groups in total. The van der Waals surface area contributed by atoms with Gasteiger partial charge in [-0.05, 0) is 119 Å². The summed E-state index contributed by atoms with van der Waals surface area (Å²) in [6.07, 6.45) is 15.7. The molecule has 0 heterocycles. The van der Waals surface area contributed by atoms with Crippen molar-refractivity contribution in [3.63, 3.8) is 0 Å². The average molecular weight is 453 g/mol. The summed E-state index contributed by atoms with van der Waals surface area (Å²) in [5, 5.41) is 0. The fourth-order valence-corrected chi connectivity index (χ4v) is 11.9. The summed E-state index contributed by atoms with van der Waals surface area (Å²) in [5.74, 6) is 3.40. The maximum atomic E-state index is 2.87. The number of rotatable bonds is 0. The third-order valence-corrected chi connectivity index (χ3v) is 14.6. The first kappa shape index (κ1) is 24.4. The van der Waals surface area contributed by atoms with Crippen molar-refractivity contribution in [3.05, 3.63) is 11.6 Å². The molecule has 0 heteroatoms. The van der Waals surface area contributed by atoms with E-state index < -0.39 is 0 Å². The van der Waals surface area contributed by atoms with E-state index in [2.05, 4.69) is 82.2 Å². The van der Waals surface area contributed by atoms with Gasteiger partial charge in [-0.1, -0.05) is 87.8 Å². The Morgan fingerprint density at radius 3 is 2.06 bits per heavy atom. The van der Waals surface area contributed by atoms with Crippen LogP contribution in [0.3, 0.4) is 0 Å². The number of hydrogen-bond donors (Lipinski definition) is 0. The molecule has 0 saturated heterocycles. The van der Waals surface area contributed by atoms with Crippen LogP contribution < -0.4 is 0 Å². The summed E-state index contributed by atoms with van der Waals surface area (Å²) in [6.45, 7) is 29.1. The van der Waals surface area contributed by atoms with Crippen LogP contribution in [0.2, 0.25) is 0 Å². The molecule has 4 saturated carbocycles. The van der Waals surface area contributed by atoms with Gasteiger partial charge in [-0.15, -0.1) is 0 Å². The van der Waals surface area contributed by atoms with Gasteiger partial charge in [0.1, 0.15) is 0 Å². The molecule has 8 unspecified atom stereocenters. The Bertz CT molecular complexity index is 855. The SMILES string of the molecule is CC1CCC2(C)C(CCC3(C)C2CC=C2C4CC(C)(C)CC(C)(C)C4(C)CCC23C)C1(C)C. The monoisotopic (exact) mass is 452 g/mol. The maximum absolute atomic E-state index is 2.87. The number of allylic oxidation sites excluding steroid dienone is 2. The first-order valence-electron chi connectivity index (χ1n) is 14.7. The van der Waals surface area contributed by atoms with Gasteiger partial charge in [-0.3, -0.25) is 0 Å². The van der Waals surface area contributed by atoms with Crippen LogP contribution >= 0.6 is 0 Å². The van der Waals surface area contributed by atoms with Crippen molar-refractivity contribution >= 4 is 0 Å². The third kappa shape index (κ3) is 2.88. The molecule has 0 nitrogen and oxygen atoms in total. The molecule has 4 fully saturated rings. The van der Waals surface area contributed by atoms with Crippen molar-refractivity contribution < 1.29 is 0 Å². The molecule has 5 aliphatic rings. The van der Waals surface area contributed by atoms with Crippen LogP contribution in [0.5, 0.6) is 0 Å². The first-order chi connectivity index (χ1) is 14.9. The highest BCUT2D eigenvalue weighted by atomic mass is 14.7. The van der Waals surface area contributed by atoms with Crippen molar-refractivity contribution in [1.82, 2.24) is 0 Å². The molecule has 0 aromatic heterocycles. The summed E-state index contributed by atoms with van der Waals surface area (Å²) in [5.41, 5.74) is 5.12. The molecule has 8 atom stereocenters. The van der Waals surface area contributed by atoms with Crippen LogP contribution in [0.15, 0.2) is 11.6 Å². The predicted molar refractivity (Wildman–Crippen MR) is 143 cm³/mol. The smallest absolute Gasteiger partial charge is 0.00565 e. The lowest BCUT2D eigenvalue weighted by atomic mass is 9.32.